The highest BCUT2D eigenvalue weighted by atomic mass is 16.4. The molecule has 0 aliphatic carbocycles. The summed E-state index contributed by atoms with van der Waals surface area (Å²) in [5, 5.41) is 8.58. The van der Waals surface area contributed by atoms with Crippen molar-refractivity contribution in [3.8, 4) is 0 Å². The Morgan fingerprint density at radius 3 is 2.35 bits per heavy atom. The van der Waals surface area contributed by atoms with Crippen LogP contribution in [0.15, 0.2) is 0 Å². The second-order valence-electron chi connectivity index (χ2n) is 4.37. The van der Waals surface area contributed by atoms with Gasteiger partial charge in [0, 0.05) is 26.2 Å². The fourth-order valence-corrected chi connectivity index (χ4v) is 2.02. The average Bonchev–Trinajstić information content (AvgIpc) is 2.28. The van der Waals surface area contributed by atoms with Gasteiger partial charge in [0.1, 0.15) is 0 Å². The van der Waals surface area contributed by atoms with Crippen molar-refractivity contribution in [3.63, 3.8) is 0 Å². The van der Waals surface area contributed by atoms with Crippen molar-refractivity contribution < 1.29 is 14.7 Å². The van der Waals surface area contributed by atoms with E-state index in [0.29, 0.717) is 13.1 Å². The fourth-order valence-electron chi connectivity index (χ4n) is 2.02. The molecule has 1 heterocycles. The molecule has 98 valence electrons. The minimum Gasteiger partial charge on any atom is -0.481 e. The van der Waals surface area contributed by atoms with Crippen LogP contribution >= 0.6 is 0 Å². The van der Waals surface area contributed by atoms with E-state index >= 15 is 0 Å². The Balaban J connectivity index is 2.37. The van der Waals surface area contributed by atoms with Crippen LogP contribution in [0.5, 0.6) is 0 Å². The Morgan fingerprint density at radius 1 is 1.29 bits per heavy atom. The van der Waals surface area contributed by atoms with E-state index < -0.39 is 12.0 Å². The first kappa shape index (κ1) is 13.9. The van der Waals surface area contributed by atoms with Crippen LogP contribution in [0.25, 0.3) is 0 Å². The van der Waals surface area contributed by atoms with Crippen LogP contribution < -0.4 is 5.73 Å². The van der Waals surface area contributed by atoms with Gasteiger partial charge in [0.2, 0.25) is 5.91 Å². The van der Waals surface area contributed by atoms with E-state index in [1.165, 1.54) is 0 Å². The number of piperazine rings is 1. The van der Waals surface area contributed by atoms with Gasteiger partial charge >= 0.3 is 5.97 Å². The average molecular weight is 243 g/mol. The Morgan fingerprint density at radius 2 is 1.88 bits per heavy atom. The molecule has 1 atom stereocenters. The van der Waals surface area contributed by atoms with Crippen molar-refractivity contribution in [2.75, 3.05) is 32.7 Å². The summed E-state index contributed by atoms with van der Waals surface area (Å²) in [6, 6.07) is -0.912. The van der Waals surface area contributed by atoms with Crippen LogP contribution in [0, 0.1) is 0 Å². The van der Waals surface area contributed by atoms with Crippen LogP contribution in [0.1, 0.15) is 19.8 Å². The summed E-state index contributed by atoms with van der Waals surface area (Å²) in [4.78, 5) is 26.3. The third-order valence-corrected chi connectivity index (χ3v) is 2.94. The first-order valence-corrected chi connectivity index (χ1v) is 6.03. The van der Waals surface area contributed by atoms with Crippen LogP contribution in [0.2, 0.25) is 0 Å². The van der Waals surface area contributed by atoms with Gasteiger partial charge < -0.3 is 15.7 Å². The Bertz CT molecular complexity index is 275. The predicted molar refractivity (Wildman–Crippen MR) is 63.5 cm³/mol. The minimum absolute atomic E-state index is 0.247. The second-order valence-corrected chi connectivity index (χ2v) is 4.37. The zero-order valence-corrected chi connectivity index (χ0v) is 10.3. The van der Waals surface area contributed by atoms with Gasteiger partial charge in [-0.05, 0) is 13.0 Å². The molecule has 0 aromatic carbocycles. The van der Waals surface area contributed by atoms with Gasteiger partial charge in [0.15, 0.2) is 0 Å². The van der Waals surface area contributed by atoms with Crippen molar-refractivity contribution in [2.45, 2.75) is 25.8 Å². The zero-order valence-electron chi connectivity index (χ0n) is 10.3. The zero-order chi connectivity index (χ0) is 12.8. The van der Waals surface area contributed by atoms with E-state index in [-0.39, 0.29) is 12.3 Å². The van der Waals surface area contributed by atoms with Gasteiger partial charge in [0.25, 0.3) is 0 Å². The molecule has 3 N–H and O–H groups in total. The highest BCUT2D eigenvalue weighted by molar-refractivity contribution is 5.86. The topological polar surface area (TPSA) is 86.9 Å². The largest absolute Gasteiger partial charge is 0.481 e. The molecule has 0 spiro atoms. The maximum absolute atomic E-state index is 11.8. The Labute approximate surface area is 101 Å². The lowest BCUT2D eigenvalue weighted by Gasteiger charge is -2.35. The molecule has 0 bridgehead atoms. The lowest BCUT2D eigenvalue weighted by molar-refractivity contribution is -0.142. The molecule has 1 amide bonds. The number of aliphatic carboxylic acids is 1. The number of nitrogens with zero attached hydrogens (tertiary/aromatic N) is 2. The number of hydrogen-bond donors (Lipinski definition) is 2. The molecule has 0 aromatic rings. The third kappa shape index (κ3) is 4.32. The molecule has 6 nitrogen and oxygen atoms in total. The summed E-state index contributed by atoms with van der Waals surface area (Å²) in [7, 11) is 0. The first-order valence-electron chi connectivity index (χ1n) is 6.03. The van der Waals surface area contributed by atoms with E-state index in [0.717, 1.165) is 26.1 Å². The van der Waals surface area contributed by atoms with E-state index in [1.807, 2.05) is 0 Å². The summed E-state index contributed by atoms with van der Waals surface area (Å²) < 4.78 is 0. The van der Waals surface area contributed by atoms with Crippen LogP contribution in [-0.4, -0.2) is 65.5 Å². The molecule has 0 aromatic heterocycles. The van der Waals surface area contributed by atoms with Gasteiger partial charge in [-0.2, -0.15) is 0 Å². The predicted octanol–water partition coefficient (Wildman–Crippen LogP) is -0.657. The van der Waals surface area contributed by atoms with Crippen molar-refractivity contribution >= 4 is 11.9 Å². The number of amides is 1. The van der Waals surface area contributed by atoms with Crippen molar-refractivity contribution in [3.05, 3.63) is 0 Å². The second kappa shape index (κ2) is 6.56. The maximum atomic E-state index is 11.8. The summed E-state index contributed by atoms with van der Waals surface area (Å²) >= 11 is 0. The lowest BCUT2D eigenvalue weighted by Crippen LogP contribution is -2.53. The number of hydrogen-bond acceptors (Lipinski definition) is 4. The van der Waals surface area contributed by atoms with Crippen LogP contribution in [0.3, 0.4) is 0 Å². The van der Waals surface area contributed by atoms with Gasteiger partial charge in [0.05, 0.1) is 12.5 Å². The summed E-state index contributed by atoms with van der Waals surface area (Å²) in [5.74, 6) is -1.28. The number of rotatable bonds is 5. The monoisotopic (exact) mass is 243 g/mol. The molecule has 17 heavy (non-hydrogen) atoms. The van der Waals surface area contributed by atoms with Crippen LogP contribution in [0.4, 0.5) is 0 Å². The minimum atomic E-state index is -1.03. The number of carbonyl (C=O) groups excluding carboxylic acids is 1. The van der Waals surface area contributed by atoms with Crippen molar-refractivity contribution in [2.24, 2.45) is 5.73 Å². The molecule has 0 saturated carbocycles. The quantitative estimate of drug-likeness (QED) is 0.669. The number of carbonyl (C=O) groups is 2. The summed E-state index contributed by atoms with van der Waals surface area (Å²) in [6.07, 6.45) is 0.806. The molecule has 1 saturated heterocycles. The molecule has 1 aliphatic heterocycles. The third-order valence-electron chi connectivity index (χ3n) is 2.94. The van der Waals surface area contributed by atoms with Crippen molar-refractivity contribution in [1.29, 1.82) is 0 Å². The lowest BCUT2D eigenvalue weighted by atomic mass is 10.1. The van der Waals surface area contributed by atoms with E-state index in [9.17, 15) is 9.59 Å². The Kier molecular flexibility index (Phi) is 5.37. The molecule has 1 aliphatic rings. The molecular formula is C11H21N3O3. The number of carboxylic acids is 1. The normalized spacial score (nSPS) is 19.1. The van der Waals surface area contributed by atoms with E-state index in [1.54, 1.807) is 4.90 Å². The van der Waals surface area contributed by atoms with Crippen molar-refractivity contribution in [1.82, 2.24) is 9.80 Å². The number of nitrogens with two attached hydrogens (primary N) is 1. The highest BCUT2D eigenvalue weighted by Crippen LogP contribution is 2.05. The smallest absolute Gasteiger partial charge is 0.305 e. The molecule has 1 unspecified atom stereocenters. The van der Waals surface area contributed by atoms with Gasteiger partial charge in [-0.1, -0.05) is 6.92 Å². The first-order chi connectivity index (χ1) is 8.04. The summed E-state index contributed by atoms with van der Waals surface area (Å²) in [6.45, 7) is 6.15. The van der Waals surface area contributed by atoms with Crippen LogP contribution in [-0.2, 0) is 9.59 Å². The Hall–Kier alpha value is -1.14. The summed E-state index contributed by atoms with van der Waals surface area (Å²) in [5.41, 5.74) is 5.56. The van der Waals surface area contributed by atoms with Gasteiger partial charge in [-0.25, -0.2) is 0 Å². The molecule has 0 radical (unpaired) electrons. The molecule has 1 rings (SSSR count). The van der Waals surface area contributed by atoms with E-state index in [4.69, 9.17) is 10.8 Å². The molecular weight excluding hydrogens is 222 g/mol. The fraction of sp³-hybridized carbons (Fsp3) is 0.818. The maximum Gasteiger partial charge on any atom is 0.305 e. The van der Waals surface area contributed by atoms with Gasteiger partial charge in [-0.15, -0.1) is 0 Å². The highest BCUT2D eigenvalue weighted by Gasteiger charge is 2.26. The standard InChI is InChI=1S/C11H21N3O3/c1-2-3-13-4-6-14(7-5-13)11(17)9(12)8-10(15)16/h9H,2-8,12H2,1H3,(H,15,16). The SMILES string of the molecule is CCCN1CCN(C(=O)C(N)CC(=O)O)CC1. The van der Waals surface area contributed by atoms with E-state index in [2.05, 4.69) is 11.8 Å². The number of carboxylic acid groups (broad SMARTS) is 1. The van der Waals surface area contributed by atoms with Gasteiger partial charge in [-0.3, -0.25) is 14.5 Å². The molecule has 6 heteroatoms. The molecule has 1 fully saturated rings.